The van der Waals surface area contributed by atoms with Crippen molar-refractivity contribution >= 4 is 11.7 Å². The number of urea groups is 1. The van der Waals surface area contributed by atoms with E-state index < -0.39 is 11.8 Å². The van der Waals surface area contributed by atoms with Gasteiger partial charge in [-0.15, -0.1) is 0 Å². The Morgan fingerprint density at radius 3 is 2.85 bits per heavy atom. The van der Waals surface area contributed by atoms with Crippen molar-refractivity contribution in [3.8, 4) is 0 Å². The second-order valence-electron chi connectivity index (χ2n) is 5.57. The molecule has 2 unspecified atom stereocenters. The molecule has 110 valence electrons. The van der Waals surface area contributed by atoms with Crippen LogP contribution in [0.25, 0.3) is 0 Å². The van der Waals surface area contributed by atoms with Crippen LogP contribution in [0, 0.1) is 11.7 Å². The Morgan fingerprint density at radius 2 is 2.20 bits per heavy atom. The number of halogens is 1. The average molecular weight is 279 g/mol. The van der Waals surface area contributed by atoms with E-state index in [2.05, 4.69) is 17.6 Å². The summed E-state index contributed by atoms with van der Waals surface area (Å²) in [6.45, 7) is 2.51. The molecule has 0 spiro atoms. The summed E-state index contributed by atoms with van der Waals surface area (Å²) in [5.41, 5.74) is 5.68. The highest BCUT2D eigenvalue weighted by Crippen LogP contribution is 2.33. The number of nitrogens with two attached hydrogens (primary N) is 1. The minimum Gasteiger partial charge on any atom is -0.331 e. The molecule has 1 fully saturated rings. The maximum atomic E-state index is 13.5. The SMILES string of the molecule is CC1CCCCC1(CN)NC(=O)Nc1ccccc1F. The highest BCUT2D eigenvalue weighted by Gasteiger charge is 2.38. The Bertz CT molecular complexity index is 480. The molecule has 0 aromatic heterocycles. The molecule has 4 N–H and O–H groups in total. The number of amides is 2. The van der Waals surface area contributed by atoms with Gasteiger partial charge in [-0.25, -0.2) is 9.18 Å². The Balaban J connectivity index is 2.04. The Labute approximate surface area is 118 Å². The van der Waals surface area contributed by atoms with Gasteiger partial charge in [-0.2, -0.15) is 0 Å². The van der Waals surface area contributed by atoms with Crippen LogP contribution in [-0.2, 0) is 0 Å². The summed E-state index contributed by atoms with van der Waals surface area (Å²) in [4.78, 5) is 12.1. The third-order valence-electron chi connectivity index (χ3n) is 4.30. The van der Waals surface area contributed by atoms with Crippen LogP contribution in [0.5, 0.6) is 0 Å². The van der Waals surface area contributed by atoms with Crippen molar-refractivity contribution in [3.63, 3.8) is 0 Å². The Kier molecular flexibility index (Phi) is 4.60. The van der Waals surface area contributed by atoms with Gasteiger partial charge in [-0.05, 0) is 30.9 Å². The molecule has 20 heavy (non-hydrogen) atoms. The number of hydrogen-bond acceptors (Lipinski definition) is 2. The maximum Gasteiger partial charge on any atom is 0.319 e. The monoisotopic (exact) mass is 279 g/mol. The minimum absolute atomic E-state index is 0.181. The zero-order valence-corrected chi connectivity index (χ0v) is 11.8. The van der Waals surface area contributed by atoms with E-state index in [0.717, 1.165) is 19.3 Å². The number of anilines is 1. The normalized spacial score (nSPS) is 26.1. The summed E-state index contributed by atoms with van der Waals surface area (Å²) in [5.74, 6) is -0.117. The lowest BCUT2D eigenvalue weighted by molar-refractivity contribution is 0.166. The predicted octanol–water partition coefficient (Wildman–Crippen LogP) is 2.85. The predicted molar refractivity (Wildman–Crippen MR) is 78.0 cm³/mol. The highest BCUT2D eigenvalue weighted by atomic mass is 19.1. The molecular formula is C15H22FN3O. The molecule has 4 nitrogen and oxygen atoms in total. The van der Waals surface area contributed by atoms with Gasteiger partial charge in [0.1, 0.15) is 5.82 Å². The first-order chi connectivity index (χ1) is 9.57. The molecule has 0 saturated heterocycles. The standard InChI is InChI=1S/C15H22FN3O/c1-11-6-4-5-9-15(11,10-17)19-14(20)18-13-8-3-2-7-12(13)16/h2-3,7-8,11H,4-6,9-10,17H2,1H3,(H2,18,19,20). The van der Waals surface area contributed by atoms with Gasteiger partial charge >= 0.3 is 6.03 Å². The summed E-state index contributed by atoms with van der Waals surface area (Å²) in [7, 11) is 0. The molecule has 0 bridgehead atoms. The summed E-state index contributed by atoms with van der Waals surface area (Å²) < 4.78 is 13.5. The zero-order chi connectivity index (χ0) is 14.6. The van der Waals surface area contributed by atoms with E-state index in [0.29, 0.717) is 12.5 Å². The smallest absolute Gasteiger partial charge is 0.319 e. The number of benzene rings is 1. The first-order valence-electron chi connectivity index (χ1n) is 7.11. The molecular weight excluding hydrogens is 257 g/mol. The quantitative estimate of drug-likeness (QED) is 0.796. The maximum absolute atomic E-state index is 13.5. The van der Waals surface area contributed by atoms with Crippen molar-refractivity contribution in [2.75, 3.05) is 11.9 Å². The number of nitrogens with one attached hydrogen (secondary N) is 2. The number of para-hydroxylation sites is 1. The van der Waals surface area contributed by atoms with E-state index in [4.69, 9.17) is 5.73 Å². The van der Waals surface area contributed by atoms with Crippen molar-refractivity contribution < 1.29 is 9.18 Å². The fourth-order valence-corrected chi connectivity index (χ4v) is 2.90. The third-order valence-corrected chi connectivity index (χ3v) is 4.30. The topological polar surface area (TPSA) is 67.1 Å². The van der Waals surface area contributed by atoms with Gasteiger partial charge in [0.05, 0.1) is 11.2 Å². The van der Waals surface area contributed by atoms with Crippen LogP contribution in [0.3, 0.4) is 0 Å². The Morgan fingerprint density at radius 1 is 1.45 bits per heavy atom. The average Bonchev–Trinajstić information content (AvgIpc) is 2.44. The summed E-state index contributed by atoms with van der Waals surface area (Å²) in [6.07, 6.45) is 4.15. The number of carbonyl (C=O) groups excluding carboxylic acids is 1. The minimum atomic E-state index is -0.443. The second-order valence-corrected chi connectivity index (χ2v) is 5.57. The molecule has 2 amide bonds. The molecule has 2 atom stereocenters. The van der Waals surface area contributed by atoms with Gasteiger partial charge in [0, 0.05) is 6.54 Å². The van der Waals surface area contributed by atoms with Crippen LogP contribution < -0.4 is 16.4 Å². The molecule has 0 radical (unpaired) electrons. The van der Waals surface area contributed by atoms with E-state index in [1.807, 2.05) is 0 Å². The molecule has 1 aliphatic carbocycles. The number of hydrogen-bond donors (Lipinski definition) is 3. The first kappa shape index (κ1) is 14.8. The summed E-state index contributed by atoms with van der Waals surface area (Å²) in [5, 5.41) is 5.52. The van der Waals surface area contributed by atoms with Gasteiger partial charge in [0.25, 0.3) is 0 Å². The first-order valence-corrected chi connectivity index (χ1v) is 7.11. The van der Waals surface area contributed by atoms with Crippen LogP contribution in [0.4, 0.5) is 14.9 Å². The second kappa shape index (κ2) is 6.22. The van der Waals surface area contributed by atoms with Crippen molar-refractivity contribution in [3.05, 3.63) is 30.1 Å². The van der Waals surface area contributed by atoms with E-state index in [1.165, 1.54) is 18.6 Å². The highest BCUT2D eigenvalue weighted by molar-refractivity contribution is 5.89. The van der Waals surface area contributed by atoms with Crippen molar-refractivity contribution in [2.24, 2.45) is 11.7 Å². The summed E-state index contributed by atoms with van der Waals surface area (Å²) >= 11 is 0. The van der Waals surface area contributed by atoms with Crippen LogP contribution in [0.15, 0.2) is 24.3 Å². The fourth-order valence-electron chi connectivity index (χ4n) is 2.90. The van der Waals surface area contributed by atoms with E-state index in [-0.39, 0.29) is 11.2 Å². The number of rotatable bonds is 3. The van der Waals surface area contributed by atoms with Crippen molar-refractivity contribution in [1.82, 2.24) is 5.32 Å². The largest absolute Gasteiger partial charge is 0.331 e. The molecule has 2 rings (SSSR count). The van der Waals surface area contributed by atoms with Gasteiger partial charge in [0.15, 0.2) is 0 Å². The fraction of sp³-hybridized carbons (Fsp3) is 0.533. The van der Waals surface area contributed by atoms with E-state index in [9.17, 15) is 9.18 Å². The molecule has 1 saturated carbocycles. The molecule has 1 aliphatic rings. The van der Waals surface area contributed by atoms with E-state index in [1.54, 1.807) is 12.1 Å². The third kappa shape index (κ3) is 3.10. The number of carbonyl (C=O) groups is 1. The molecule has 0 heterocycles. The molecule has 1 aromatic rings. The van der Waals surface area contributed by atoms with E-state index >= 15 is 0 Å². The van der Waals surface area contributed by atoms with Gasteiger partial charge in [0.2, 0.25) is 0 Å². The van der Waals surface area contributed by atoms with Gasteiger partial charge in [-0.1, -0.05) is 31.9 Å². The Hall–Kier alpha value is -1.62. The molecule has 0 aliphatic heterocycles. The lowest BCUT2D eigenvalue weighted by atomic mass is 9.73. The summed E-state index contributed by atoms with van der Waals surface area (Å²) in [6, 6.07) is 5.73. The van der Waals surface area contributed by atoms with Crippen LogP contribution in [0.2, 0.25) is 0 Å². The van der Waals surface area contributed by atoms with Crippen LogP contribution >= 0.6 is 0 Å². The van der Waals surface area contributed by atoms with Gasteiger partial charge in [-0.3, -0.25) is 0 Å². The van der Waals surface area contributed by atoms with Crippen molar-refractivity contribution in [2.45, 2.75) is 38.1 Å². The lowest BCUT2D eigenvalue weighted by Crippen LogP contribution is -2.60. The zero-order valence-electron chi connectivity index (χ0n) is 11.8. The van der Waals surface area contributed by atoms with Crippen LogP contribution in [-0.4, -0.2) is 18.1 Å². The van der Waals surface area contributed by atoms with Crippen LogP contribution in [0.1, 0.15) is 32.6 Å². The van der Waals surface area contributed by atoms with Crippen molar-refractivity contribution in [1.29, 1.82) is 0 Å². The van der Waals surface area contributed by atoms with Gasteiger partial charge < -0.3 is 16.4 Å². The lowest BCUT2D eigenvalue weighted by Gasteiger charge is -2.42. The molecule has 5 heteroatoms. The molecule has 1 aromatic carbocycles.